The van der Waals surface area contributed by atoms with Crippen LogP contribution in [-0.2, 0) is 6.61 Å². The SMILES string of the molecule is COc1c(N)ncnc1OCc1cccs1. The first-order chi connectivity index (χ1) is 7.81. The summed E-state index contributed by atoms with van der Waals surface area (Å²) < 4.78 is 10.6. The molecule has 16 heavy (non-hydrogen) atoms. The first-order valence-electron chi connectivity index (χ1n) is 4.61. The topological polar surface area (TPSA) is 70.3 Å². The summed E-state index contributed by atoms with van der Waals surface area (Å²) in [6.45, 7) is 0.449. The van der Waals surface area contributed by atoms with Gasteiger partial charge in [-0.05, 0) is 11.4 Å². The molecule has 2 heterocycles. The van der Waals surface area contributed by atoms with E-state index in [9.17, 15) is 0 Å². The molecule has 6 heteroatoms. The highest BCUT2D eigenvalue weighted by Gasteiger charge is 2.10. The van der Waals surface area contributed by atoms with Crippen LogP contribution in [0.15, 0.2) is 23.8 Å². The molecule has 0 saturated heterocycles. The lowest BCUT2D eigenvalue weighted by molar-refractivity contribution is 0.275. The van der Waals surface area contributed by atoms with Gasteiger partial charge in [-0.2, -0.15) is 4.98 Å². The van der Waals surface area contributed by atoms with Gasteiger partial charge in [0.2, 0.25) is 5.75 Å². The van der Waals surface area contributed by atoms with Crippen molar-refractivity contribution in [2.75, 3.05) is 12.8 Å². The van der Waals surface area contributed by atoms with E-state index in [-0.39, 0.29) is 5.82 Å². The molecule has 0 aliphatic carbocycles. The molecule has 2 aromatic heterocycles. The molecule has 0 aliphatic rings. The van der Waals surface area contributed by atoms with Crippen molar-refractivity contribution in [1.82, 2.24) is 9.97 Å². The summed E-state index contributed by atoms with van der Waals surface area (Å²) in [5.41, 5.74) is 5.63. The number of rotatable bonds is 4. The van der Waals surface area contributed by atoms with Gasteiger partial charge in [0, 0.05) is 4.88 Å². The van der Waals surface area contributed by atoms with Crippen molar-refractivity contribution in [3.63, 3.8) is 0 Å². The van der Waals surface area contributed by atoms with Crippen LogP contribution < -0.4 is 15.2 Å². The third-order valence-corrected chi connectivity index (χ3v) is 2.78. The van der Waals surface area contributed by atoms with Crippen LogP contribution >= 0.6 is 11.3 Å². The molecule has 0 amide bonds. The molecule has 0 aliphatic heterocycles. The quantitative estimate of drug-likeness (QED) is 0.876. The van der Waals surface area contributed by atoms with Crippen molar-refractivity contribution in [3.8, 4) is 11.6 Å². The van der Waals surface area contributed by atoms with Crippen LogP contribution in [0, 0.1) is 0 Å². The average molecular weight is 237 g/mol. The fourth-order valence-corrected chi connectivity index (χ4v) is 1.82. The van der Waals surface area contributed by atoms with Gasteiger partial charge in [0.1, 0.15) is 12.9 Å². The van der Waals surface area contributed by atoms with Crippen LogP contribution in [0.5, 0.6) is 11.6 Å². The van der Waals surface area contributed by atoms with Crippen molar-refractivity contribution in [2.24, 2.45) is 0 Å². The fourth-order valence-electron chi connectivity index (χ4n) is 1.20. The van der Waals surface area contributed by atoms with E-state index in [1.165, 1.54) is 13.4 Å². The highest BCUT2D eigenvalue weighted by molar-refractivity contribution is 7.09. The van der Waals surface area contributed by atoms with Crippen molar-refractivity contribution < 1.29 is 9.47 Å². The number of nitrogens with zero attached hydrogens (tertiary/aromatic N) is 2. The zero-order chi connectivity index (χ0) is 11.4. The van der Waals surface area contributed by atoms with Crippen LogP contribution in [0.25, 0.3) is 0 Å². The molecule has 84 valence electrons. The predicted molar refractivity (Wildman–Crippen MR) is 61.6 cm³/mol. The lowest BCUT2D eigenvalue weighted by Crippen LogP contribution is -2.02. The monoisotopic (exact) mass is 237 g/mol. The lowest BCUT2D eigenvalue weighted by atomic mass is 10.5. The maximum absolute atomic E-state index is 5.63. The molecule has 0 saturated carbocycles. The smallest absolute Gasteiger partial charge is 0.262 e. The number of anilines is 1. The van der Waals surface area contributed by atoms with Gasteiger partial charge in [-0.3, -0.25) is 0 Å². The summed E-state index contributed by atoms with van der Waals surface area (Å²) in [5.74, 6) is 1.01. The highest BCUT2D eigenvalue weighted by atomic mass is 32.1. The second kappa shape index (κ2) is 4.80. The third kappa shape index (κ3) is 2.22. The number of nitrogen functional groups attached to an aromatic ring is 1. The predicted octanol–water partition coefficient (Wildman–Crippen LogP) is 1.71. The third-order valence-electron chi connectivity index (χ3n) is 1.93. The van der Waals surface area contributed by atoms with Gasteiger partial charge in [0.25, 0.3) is 5.88 Å². The molecular weight excluding hydrogens is 226 g/mol. The Labute approximate surface area is 96.9 Å². The van der Waals surface area contributed by atoms with E-state index in [2.05, 4.69) is 9.97 Å². The van der Waals surface area contributed by atoms with E-state index in [0.29, 0.717) is 18.2 Å². The van der Waals surface area contributed by atoms with Crippen LogP contribution in [0.2, 0.25) is 0 Å². The molecule has 0 fully saturated rings. The summed E-state index contributed by atoms with van der Waals surface area (Å²) in [4.78, 5) is 8.91. The summed E-state index contributed by atoms with van der Waals surface area (Å²) in [5, 5.41) is 1.99. The van der Waals surface area contributed by atoms with Crippen LogP contribution in [-0.4, -0.2) is 17.1 Å². The number of methoxy groups -OCH3 is 1. The average Bonchev–Trinajstić information content (AvgIpc) is 2.79. The second-order valence-electron chi connectivity index (χ2n) is 2.97. The minimum Gasteiger partial charge on any atom is -0.489 e. The Hall–Kier alpha value is -1.82. The van der Waals surface area contributed by atoms with Gasteiger partial charge >= 0.3 is 0 Å². The summed E-state index contributed by atoms with van der Waals surface area (Å²) in [6.07, 6.45) is 1.35. The molecule has 0 unspecified atom stereocenters. The minimum atomic E-state index is 0.277. The zero-order valence-electron chi connectivity index (χ0n) is 8.71. The standard InChI is InChI=1S/C10H11N3O2S/c1-14-8-9(11)12-6-13-10(8)15-5-7-3-2-4-16-7/h2-4,6H,5H2,1H3,(H2,11,12,13). The number of hydrogen-bond acceptors (Lipinski definition) is 6. The highest BCUT2D eigenvalue weighted by Crippen LogP contribution is 2.29. The molecule has 5 nitrogen and oxygen atoms in total. The maximum atomic E-state index is 5.63. The van der Waals surface area contributed by atoms with E-state index >= 15 is 0 Å². The summed E-state index contributed by atoms with van der Waals surface area (Å²) >= 11 is 1.62. The van der Waals surface area contributed by atoms with E-state index in [4.69, 9.17) is 15.2 Å². The van der Waals surface area contributed by atoms with Crippen molar-refractivity contribution in [3.05, 3.63) is 28.7 Å². The molecule has 0 spiro atoms. The fraction of sp³-hybridized carbons (Fsp3) is 0.200. The van der Waals surface area contributed by atoms with Gasteiger partial charge in [-0.1, -0.05) is 6.07 Å². The zero-order valence-corrected chi connectivity index (χ0v) is 9.53. The van der Waals surface area contributed by atoms with Crippen molar-refractivity contribution in [2.45, 2.75) is 6.61 Å². The molecule has 2 N–H and O–H groups in total. The van der Waals surface area contributed by atoms with Gasteiger partial charge in [0.15, 0.2) is 5.82 Å². The first-order valence-corrected chi connectivity index (χ1v) is 5.49. The second-order valence-corrected chi connectivity index (χ2v) is 4.00. The number of nitrogens with two attached hydrogens (primary N) is 1. The Bertz CT molecular complexity index is 459. The van der Waals surface area contributed by atoms with E-state index in [0.717, 1.165) is 4.88 Å². The van der Waals surface area contributed by atoms with Crippen molar-refractivity contribution in [1.29, 1.82) is 0 Å². The van der Waals surface area contributed by atoms with Crippen LogP contribution in [0.3, 0.4) is 0 Å². The van der Waals surface area contributed by atoms with Crippen LogP contribution in [0.1, 0.15) is 4.88 Å². The summed E-state index contributed by atoms with van der Waals surface area (Å²) in [6, 6.07) is 3.95. The molecule has 0 radical (unpaired) electrons. The first kappa shape index (κ1) is 10.7. The van der Waals surface area contributed by atoms with Gasteiger partial charge in [-0.15, -0.1) is 11.3 Å². The maximum Gasteiger partial charge on any atom is 0.262 e. The summed E-state index contributed by atoms with van der Waals surface area (Å²) in [7, 11) is 1.51. The number of hydrogen-bond donors (Lipinski definition) is 1. The van der Waals surface area contributed by atoms with Gasteiger partial charge < -0.3 is 15.2 Å². The molecule has 2 rings (SSSR count). The number of aromatic nitrogens is 2. The molecule has 0 aromatic carbocycles. The van der Waals surface area contributed by atoms with Gasteiger partial charge in [0.05, 0.1) is 7.11 Å². The Morgan fingerprint density at radius 2 is 2.31 bits per heavy atom. The number of thiophene rings is 1. The largest absolute Gasteiger partial charge is 0.489 e. The van der Waals surface area contributed by atoms with E-state index in [1.807, 2.05) is 17.5 Å². The molecule has 0 atom stereocenters. The minimum absolute atomic E-state index is 0.277. The Morgan fingerprint density at radius 1 is 1.44 bits per heavy atom. The van der Waals surface area contributed by atoms with Crippen molar-refractivity contribution >= 4 is 17.2 Å². The van der Waals surface area contributed by atoms with Crippen LogP contribution in [0.4, 0.5) is 5.82 Å². The molecule has 0 bridgehead atoms. The lowest BCUT2D eigenvalue weighted by Gasteiger charge is -2.09. The Balaban J connectivity index is 2.12. The normalized spacial score (nSPS) is 10.1. The van der Waals surface area contributed by atoms with Gasteiger partial charge in [-0.25, -0.2) is 4.98 Å². The molecule has 2 aromatic rings. The Kier molecular flexibility index (Phi) is 3.21. The van der Waals surface area contributed by atoms with E-state index < -0.39 is 0 Å². The van der Waals surface area contributed by atoms with E-state index in [1.54, 1.807) is 11.3 Å². The molecular formula is C10H11N3O2S. The number of ether oxygens (including phenoxy) is 2. The Morgan fingerprint density at radius 3 is 3.00 bits per heavy atom.